The SMILES string of the molecule is C[C@@H]1O[C@@H](Oc2cc(O)ccc2C(=O)C(=O)c2ccc(O)cc2)[C@H](O)[C@H](O)[C@H]1O. The van der Waals surface area contributed by atoms with Gasteiger partial charge in [0.1, 0.15) is 35.6 Å². The Hall–Kier alpha value is -2.98. The van der Waals surface area contributed by atoms with Crippen molar-refractivity contribution in [2.24, 2.45) is 0 Å². The lowest BCUT2D eigenvalue weighted by molar-refractivity contribution is -0.268. The van der Waals surface area contributed by atoms with Gasteiger partial charge in [-0.1, -0.05) is 0 Å². The summed E-state index contributed by atoms with van der Waals surface area (Å²) in [4.78, 5) is 25.2. The first-order valence-electron chi connectivity index (χ1n) is 8.76. The number of Topliss-reactive ketones (excluding diaryl/α,β-unsaturated/α-hetero) is 2. The van der Waals surface area contributed by atoms with Crippen molar-refractivity contribution in [2.75, 3.05) is 0 Å². The molecule has 0 aliphatic carbocycles. The summed E-state index contributed by atoms with van der Waals surface area (Å²) in [7, 11) is 0. The van der Waals surface area contributed by atoms with Crippen LogP contribution in [0.1, 0.15) is 27.6 Å². The summed E-state index contributed by atoms with van der Waals surface area (Å²) < 4.78 is 10.8. The number of carbonyl (C=O) groups is 2. The summed E-state index contributed by atoms with van der Waals surface area (Å²) in [5.41, 5.74) is -0.169. The van der Waals surface area contributed by atoms with Crippen LogP contribution >= 0.6 is 0 Å². The fourth-order valence-electron chi connectivity index (χ4n) is 2.90. The lowest BCUT2D eigenvalue weighted by atomic mass is 9.99. The van der Waals surface area contributed by atoms with Crippen molar-refractivity contribution in [3.8, 4) is 17.2 Å². The van der Waals surface area contributed by atoms with Crippen LogP contribution in [0.2, 0.25) is 0 Å². The molecule has 0 spiro atoms. The lowest BCUT2D eigenvalue weighted by Crippen LogP contribution is -2.58. The van der Waals surface area contributed by atoms with E-state index >= 15 is 0 Å². The van der Waals surface area contributed by atoms with Gasteiger partial charge in [0.05, 0.1) is 11.7 Å². The molecular formula is C20H20O9. The highest BCUT2D eigenvalue weighted by Crippen LogP contribution is 2.30. The first-order chi connectivity index (χ1) is 13.7. The molecule has 154 valence electrons. The summed E-state index contributed by atoms with van der Waals surface area (Å²) in [6.07, 6.45) is -6.88. The van der Waals surface area contributed by atoms with Gasteiger partial charge in [0.25, 0.3) is 0 Å². The summed E-state index contributed by atoms with van der Waals surface area (Å²) in [6.45, 7) is 1.46. The normalized spacial score (nSPS) is 26.7. The highest BCUT2D eigenvalue weighted by atomic mass is 16.7. The molecule has 1 saturated heterocycles. The lowest BCUT2D eigenvalue weighted by Gasteiger charge is -2.39. The van der Waals surface area contributed by atoms with Crippen LogP contribution in [-0.2, 0) is 4.74 Å². The van der Waals surface area contributed by atoms with Gasteiger partial charge in [-0.15, -0.1) is 0 Å². The molecule has 0 radical (unpaired) electrons. The number of hydrogen-bond donors (Lipinski definition) is 5. The molecule has 1 fully saturated rings. The minimum absolute atomic E-state index is 0.0351. The van der Waals surface area contributed by atoms with Crippen LogP contribution in [0.4, 0.5) is 0 Å². The smallest absolute Gasteiger partial charge is 0.237 e. The second-order valence-electron chi connectivity index (χ2n) is 6.68. The molecule has 3 rings (SSSR count). The van der Waals surface area contributed by atoms with E-state index in [1.165, 1.54) is 43.3 Å². The topological polar surface area (TPSA) is 154 Å². The van der Waals surface area contributed by atoms with Crippen molar-refractivity contribution in [3.05, 3.63) is 53.6 Å². The Bertz CT molecular complexity index is 909. The van der Waals surface area contributed by atoms with E-state index in [-0.39, 0.29) is 28.4 Å². The van der Waals surface area contributed by atoms with Crippen LogP contribution < -0.4 is 4.74 Å². The molecule has 1 aliphatic heterocycles. The van der Waals surface area contributed by atoms with Gasteiger partial charge in [-0.05, 0) is 43.3 Å². The van der Waals surface area contributed by atoms with E-state index in [0.717, 1.165) is 6.07 Å². The van der Waals surface area contributed by atoms with E-state index < -0.39 is 42.3 Å². The number of aliphatic hydroxyl groups is 3. The van der Waals surface area contributed by atoms with Crippen LogP contribution in [0.25, 0.3) is 0 Å². The molecule has 1 aliphatic rings. The Morgan fingerprint density at radius 3 is 2.14 bits per heavy atom. The zero-order chi connectivity index (χ0) is 21.3. The molecule has 0 unspecified atom stereocenters. The number of ether oxygens (including phenoxy) is 2. The molecule has 0 aromatic heterocycles. The molecule has 9 nitrogen and oxygen atoms in total. The van der Waals surface area contributed by atoms with Gasteiger partial charge >= 0.3 is 0 Å². The van der Waals surface area contributed by atoms with E-state index in [1.54, 1.807) is 0 Å². The van der Waals surface area contributed by atoms with Crippen molar-refractivity contribution in [1.82, 2.24) is 0 Å². The maximum Gasteiger partial charge on any atom is 0.237 e. The quantitative estimate of drug-likeness (QED) is 0.351. The number of rotatable bonds is 5. The molecular weight excluding hydrogens is 384 g/mol. The van der Waals surface area contributed by atoms with Crippen LogP contribution in [0.15, 0.2) is 42.5 Å². The first kappa shape index (κ1) is 20.7. The molecule has 1 heterocycles. The fraction of sp³-hybridized carbons (Fsp3) is 0.300. The number of carbonyl (C=O) groups excluding carboxylic acids is 2. The van der Waals surface area contributed by atoms with Crippen LogP contribution in [0.5, 0.6) is 17.2 Å². The summed E-state index contributed by atoms with van der Waals surface area (Å²) >= 11 is 0. The summed E-state index contributed by atoms with van der Waals surface area (Å²) in [6, 6.07) is 8.51. The summed E-state index contributed by atoms with van der Waals surface area (Å²) in [5, 5.41) is 48.8. The number of ketones is 2. The largest absolute Gasteiger partial charge is 0.508 e. The average molecular weight is 404 g/mol. The maximum atomic E-state index is 12.7. The number of benzene rings is 2. The maximum absolute atomic E-state index is 12.7. The number of aromatic hydroxyl groups is 2. The fourth-order valence-corrected chi connectivity index (χ4v) is 2.90. The van der Waals surface area contributed by atoms with Crippen molar-refractivity contribution < 1.29 is 44.6 Å². The van der Waals surface area contributed by atoms with Crippen molar-refractivity contribution in [1.29, 1.82) is 0 Å². The van der Waals surface area contributed by atoms with E-state index in [9.17, 15) is 35.1 Å². The molecule has 0 bridgehead atoms. The van der Waals surface area contributed by atoms with Gasteiger partial charge in [-0.3, -0.25) is 9.59 Å². The predicted molar refractivity (Wildman–Crippen MR) is 97.9 cm³/mol. The Labute approximate surface area is 165 Å². The molecule has 2 aromatic carbocycles. The second-order valence-corrected chi connectivity index (χ2v) is 6.68. The highest BCUT2D eigenvalue weighted by molar-refractivity contribution is 6.49. The van der Waals surface area contributed by atoms with Gasteiger partial charge in [0.15, 0.2) is 0 Å². The van der Waals surface area contributed by atoms with Crippen molar-refractivity contribution in [2.45, 2.75) is 37.6 Å². The second kappa shape index (κ2) is 8.18. The monoisotopic (exact) mass is 404 g/mol. The molecule has 9 heteroatoms. The number of phenolic OH excluding ortho intramolecular Hbond substituents is 2. The van der Waals surface area contributed by atoms with Gasteiger partial charge in [-0.25, -0.2) is 0 Å². The van der Waals surface area contributed by atoms with Gasteiger partial charge in [0, 0.05) is 11.6 Å². The Balaban J connectivity index is 1.89. The van der Waals surface area contributed by atoms with E-state index in [0.29, 0.717) is 0 Å². The number of aliphatic hydroxyl groups excluding tert-OH is 3. The molecule has 2 aromatic rings. The average Bonchev–Trinajstić information content (AvgIpc) is 2.70. The third-order valence-electron chi connectivity index (χ3n) is 4.60. The van der Waals surface area contributed by atoms with Crippen molar-refractivity contribution >= 4 is 11.6 Å². The van der Waals surface area contributed by atoms with Crippen LogP contribution in [0.3, 0.4) is 0 Å². The van der Waals surface area contributed by atoms with Crippen molar-refractivity contribution in [3.63, 3.8) is 0 Å². The zero-order valence-electron chi connectivity index (χ0n) is 15.3. The van der Waals surface area contributed by atoms with Crippen LogP contribution in [0, 0.1) is 0 Å². The minimum atomic E-state index is -1.64. The Morgan fingerprint density at radius 1 is 0.862 bits per heavy atom. The molecule has 29 heavy (non-hydrogen) atoms. The Morgan fingerprint density at radius 2 is 1.48 bits per heavy atom. The predicted octanol–water partition coefficient (Wildman–Crippen LogP) is 0.370. The first-order valence-corrected chi connectivity index (χ1v) is 8.76. The highest BCUT2D eigenvalue weighted by Gasteiger charge is 2.43. The molecule has 0 amide bonds. The van der Waals surface area contributed by atoms with Gasteiger partial charge in [-0.2, -0.15) is 0 Å². The Kier molecular flexibility index (Phi) is 5.85. The third kappa shape index (κ3) is 4.22. The molecule has 0 saturated carbocycles. The standard InChI is InChI=1S/C20H20O9/c1-9-15(23)18(26)19(27)20(28-9)29-14-8-12(22)6-7-13(14)17(25)16(24)10-2-4-11(21)5-3-10/h2-9,15,18-23,26-27H,1H3/t9-,15-,18+,19+,20-/m0/s1. The van der Waals surface area contributed by atoms with Gasteiger partial charge in [0.2, 0.25) is 17.9 Å². The summed E-state index contributed by atoms with van der Waals surface area (Å²) in [5.74, 6) is -2.42. The molecule has 5 N–H and O–H groups in total. The molecule has 5 atom stereocenters. The van der Waals surface area contributed by atoms with Gasteiger partial charge < -0.3 is 35.0 Å². The van der Waals surface area contributed by atoms with E-state index in [2.05, 4.69) is 0 Å². The number of phenols is 2. The zero-order valence-corrected chi connectivity index (χ0v) is 15.3. The van der Waals surface area contributed by atoms with Crippen LogP contribution in [-0.4, -0.2) is 67.8 Å². The van der Waals surface area contributed by atoms with E-state index in [4.69, 9.17) is 9.47 Å². The number of hydrogen-bond acceptors (Lipinski definition) is 9. The minimum Gasteiger partial charge on any atom is -0.508 e. The van der Waals surface area contributed by atoms with E-state index in [1.807, 2.05) is 0 Å². The third-order valence-corrected chi connectivity index (χ3v) is 4.60.